The second kappa shape index (κ2) is 5.99. The van der Waals surface area contributed by atoms with Crippen LogP contribution in [0.15, 0.2) is 28.7 Å². The lowest BCUT2D eigenvalue weighted by Gasteiger charge is -2.13. The Morgan fingerprint density at radius 1 is 1.38 bits per heavy atom. The van der Waals surface area contributed by atoms with E-state index in [2.05, 4.69) is 32.2 Å². The molecule has 2 heterocycles. The fourth-order valence-electron chi connectivity index (χ4n) is 2.43. The average molecular weight is 351 g/mol. The minimum absolute atomic E-state index is 0.428. The molecule has 0 bridgehead atoms. The highest BCUT2D eigenvalue weighted by atomic mass is 79.9. The number of aliphatic hydroxyl groups excluding tert-OH is 1. The second-order valence-electron chi connectivity index (χ2n) is 4.87. The number of aromatic nitrogens is 2. The highest BCUT2D eigenvalue weighted by Crippen LogP contribution is 2.35. The molecule has 2 aromatic rings. The minimum atomic E-state index is -0.731. The van der Waals surface area contributed by atoms with E-state index < -0.39 is 6.10 Å². The zero-order chi connectivity index (χ0) is 14.8. The van der Waals surface area contributed by atoms with Crippen LogP contribution in [-0.4, -0.2) is 29.0 Å². The molecule has 1 aromatic heterocycles. The maximum Gasteiger partial charge on any atom is 0.233 e. The zero-order valence-corrected chi connectivity index (χ0v) is 13.1. The summed E-state index contributed by atoms with van der Waals surface area (Å²) in [6.45, 7) is 0.692. The Morgan fingerprint density at radius 3 is 2.95 bits per heavy atom. The number of nitrogens with zero attached hydrogens (tertiary/aromatic N) is 2. The Bertz CT molecular complexity index is 646. The van der Waals surface area contributed by atoms with Crippen molar-refractivity contribution in [3.63, 3.8) is 0 Å². The molecule has 1 aromatic carbocycles. The van der Waals surface area contributed by atoms with E-state index in [1.165, 1.54) is 12.7 Å². The summed E-state index contributed by atoms with van der Waals surface area (Å²) in [5, 5.41) is 18.2. The van der Waals surface area contributed by atoms with Gasteiger partial charge in [-0.15, -0.1) is 10.2 Å². The standard InChI is InChI=1S/C15H15BrN2O3/c1-20-14-3-2-12(17-18-14)13(19)8-10-7-11(16)6-9-4-5-21-15(9)10/h2-3,6-7,13,19H,4-5,8H2,1H3. The van der Waals surface area contributed by atoms with Gasteiger partial charge in [0.15, 0.2) is 0 Å². The Morgan fingerprint density at radius 2 is 2.24 bits per heavy atom. The molecule has 1 atom stereocenters. The summed E-state index contributed by atoms with van der Waals surface area (Å²) in [7, 11) is 1.53. The number of aliphatic hydroxyl groups is 1. The van der Waals surface area contributed by atoms with Crippen molar-refractivity contribution in [1.82, 2.24) is 10.2 Å². The Labute approximate surface area is 131 Å². The van der Waals surface area contributed by atoms with Crippen LogP contribution in [0.25, 0.3) is 0 Å². The SMILES string of the molecule is COc1ccc(C(O)Cc2cc(Br)cc3c2OCC3)nn1. The van der Waals surface area contributed by atoms with Gasteiger partial charge in [0.1, 0.15) is 11.9 Å². The molecule has 1 aliphatic heterocycles. The summed E-state index contributed by atoms with van der Waals surface area (Å²) in [6, 6.07) is 7.44. The van der Waals surface area contributed by atoms with Crippen LogP contribution in [0.5, 0.6) is 11.6 Å². The van der Waals surface area contributed by atoms with Gasteiger partial charge in [-0.2, -0.15) is 0 Å². The van der Waals surface area contributed by atoms with Gasteiger partial charge in [-0.05, 0) is 29.3 Å². The number of ether oxygens (including phenoxy) is 2. The lowest BCUT2D eigenvalue weighted by atomic mass is 10.0. The third kappa shape index (κ3) is 3.01. The van der Waals surface area contributed by atoms with Gasteiger partial charge in [0.05, 0.1) is 19.4 Å². The van der Waals surface area contributed by atoms with Crippen molar-refractivity contribution in [2.45, 2.75) is 18.9 Å². The molecule has 0 saturated carbocycles. The molecule has 0 amide bonds. The van der Waals surface area contributed by atoms with Crippen molar-refractivity contribution in [1.29, 1.82) is 0 Å². The van der Waals surface area contributed by atoms with E-state index in [-0.39, 0.29) is 0 Å². The number of hydrogen-bond acceptors (Lipinski definition) is 5. The van der Waals surface area contributed by atoms with E-state index in [9.17, 15) is 5.11 Å². The van der Waals surface area contributed by atoms with Gasteiger partial charge in [0.25, 0.3) is 0 Å². The molecule has 0 fully saturated rings. The van der Waals surface area contributed by atoms with Gasteiger partial charge >= 0.3 is 0 Å². The number of halogens is 1. The van der Waals surface area contributed by atoms with Crippen LogP contribution in [0.2, 0.25) is 0 Å². The predicted octanol–water partition coefficient (Wildman–Crippen LogP) is 2.46. The first-order valence-corrected chi connectivity index (χ1v) is 7.46. The molecular weight excluding hydrogens is 336 g/mol. The van der Waals surface area contributed by atoms with Gasteiger partial charge in [-0.1, -0.05) is 15.9 Å². The summed E-state index contributed by atoms with van der Waals surface area (Å²) in [4.78, 5) is 0. The molecule has 3 rings (SSSR count). The summed E-state index contributed by atoms with van der Waals surface area (Å²) >= 11 is 3.50. The van der Waals surface area contributed by atoms with Gasteiger partial charge < -0.3 is 14.6 Å². The first-order chi connectivity index (χ1) is 10.2. The van der Waals surface area contributed by atoms with Crippen molar-refractivity contribution in [2.24, 2.45) is 0 Å². The quantitative estimate of drug-likeness (QED) is 0.917. The monoisotopic (exact) mass is 350 g/mol. The highest BCUT2D eigenvalue weighted by molar-refractivity contribution is 9.10. The largest absolute Gasteiger partial charge is 0.493 e. The molecule has 0 aliphatic carbocycles. The molecule has 1 N–H and O–H groups in total. The van der Waals surface area contributed by atoms with E-state index in [1.807, 2.05) is 6.07 Å². The smallest absolute Gasteiger partial charge is 0.233 e. The summed E-state index contributed by atoms with van der Waals surface area (Å²) < 4.78 is 11.6. The molecule has 1 unspecified atom stereocenters. The second-order valence-corrected chi connectivity index (χ2v) is 5.79. The van der Waals surface area contributed by atoms with Gasteiger partial charge in [-0.25, -0.2) is 0 Å². The first-order valence-electron chi connectivity index (χ1n) is 6.67. The van der Waals surface area contributed by atoms with E-state index in [0.29, 0.717) is 24.6 Å². The Balaban J connectivity index is 1.82. The van der Waals surface area contributed by atoms with Crippen LogP contribution < -0.4 is 9.47 Å². The van der Waals surface area contributed by atoms with Crippen molar-refractivity contribution in [2.75, 3.05) is 13.7 Å². The third-order valence-corrected chi connectivity index (χ3v) is 3.91. The van der Waals surface area contributed by atoms with E-state index in [4.69, 9.17) is 9.47 Å². The number of methoxy groups -OCH3 is 1. The highest BCUT2D eigenvalue weighted by Gasteiger charge is 2.20. The fraction of sp³-hybridized carbons (Fsp3) is 0.333. The molecule has 0 saturated heterocycles. The molecule has 5 nitrogen and oxygen atoms in total. The van der Waals surface area contributed by atoms with Crippen molar-refractivity contribution in [3.05, 3.63) is 45.6 Å². The lowest BCUT2D eigenvalue weighted by molar-refractivity contribution is 0.170. The summed E-state index contributed by atoms with van der Waals surface area (Å²) in [6.07, 6.45) is 0.606. The fourth-order valence-corrected chi connectivity index (χ4v) is 2.98. The number of rotatable bonds is 4. The topological polar surface area (TPSA) is 64.5 Å². The Kier molecular flexibility index (Phi) is 4.07. The molecule has 1 aliphatic rings. The normalized spacial score (nSPS) is 14.4. The molecule has 110 valence electrons. The van der Waals surface area contributed by atoms with Crippen molar-refractivity contribution < 1.29 is 14.6 Å². The molecule has 0 spiro atoms. The number of fused-ring (bicyclic) bond motifs is 1. The third-order valence-electron chi connectivity index (χ3n) is 3.45. The maximum atomic E-state index is 10.3. The van der Waals surface area contributed by atoms with E-state index >= 15 is 0 Å². The summed E-state index contributed by atoms with van der Waals surface area (Å²) in [5.41, 5.74) is 2.66. The van der Waals surface area contributed by atoms with Gasteiger partial charge in [0.2, 0.25) is 5.88 Å². The molecule has 6 heteroatoms. The van der Waals surface area contributed by atoms with Gasteiger partial charge in [0, 0.05) is 23.4 Å². The predicted molar refractivity (Wildman–Crippen MR) is 80.6 cm³/mol. The first kappa shape index (κ1) is 14.3. The molecule has 21 heavy (non-hydrogen) atoms. The summed E-state index contributed by atoms with van der Waals surface area (Å²) in [5.74, 6) is 1.32. The Hall–Kier alpha value is -1.66. The van der Waals surface area contributed by atoms with Crippen LogP contribution in [0.3, 0.4) is 0 Å². The van der Waals surface area contributed by atoms with Crippen LogP contribution in [0.1, 0.15) is 22.9 Å². The van der Waals surface area contributed by atoms with Crippen LogP contribution >= 0.6 is 15.9 Å². The van der Waals surface area contributed by atoms with Crippen LogP contribution in [-0.2, 0) is 12.8 Å². The van der Waals surface area contributed by atoms with Crippen LogP contribution in [0, 0.1) is 0 Å². The lowest BCUT2D eigenvalue weighted by Crippen LogP contribution is -2.07. The zero-order valence-electron chi connectivity index (χ0n) is 11.5. The van der Waals surface area contributed by atoms with Crippen LogP contribution in [0.4, 0.5) is 0 Å². The average Bonchev–Trinajstić information content (AvgIpc) is 2.95. The minimum Gasteiger partial charge on any atom is -0.493 e. The van der Waals surface area contributed by atoms with Crippen molar-refractivity contribution in [3.8, 4) is 11.6 Å². The van der Waals surface area contributed by atoms with Crippen molar-refractivity contribution >= 4 is 15.9 Å². The molecule has 0 radical (unpaired) electrons. The number of hydrogen-bond donors (Lipinski definition) is 1. The van der Waals surface area contributed by atoms with Gasteiger partial charge in [-0.3, -0.25) is 0 Å². The number of benzene rings is 1. The molecular formula is C15H15BrN2O3. The maximum absolute atomic E-state index is 10.3. The van der Waals surface area contributed by atoms with E-state index in [1.54, 1.807) is 12.1 Å². The van der Waals surface area contributed by atoms with E-state index in [0.717, 1.165) is 22.2 Å².